The molecule has 2 rings (SSSR count). The lowest BCUT2D eigenvalue weighted by Crippen LogP contribution is -2.55. The highest BCUT2D eigenvalue weighted by Gasteiger charge is 2.45. The Bertz CT molecular complexity index is 227. The maximum atomic E-state index is 10.7. The zero-order chi connectivity index (χ0) is 12.3. The predicted molar refractivity (Wildman–Crippen MR) is 72.1 cm³/mol. The molecule has 2 nitrogen and oxygen atoms in total. The number of nitrogens with zero attached hydrogens (tertiary/aromatic N) is 1. The molecule has 100 valence electrons. The quantitative estimate of drug-likeness (QED) is 0.769. The molecule has 0 heterocycles. The summed E-state index contributed by atoms with van der Waals surface area (Å²) in [4.78, 5) is 2.53. The zero-order valence-corrected chi connectivity index (χ0v) is 11.6. The first-order valence-corrected chi connectivity index (χ1v) is 7.66. The first-order valence-electron chi connectivity index (χ1n) is 7.66. The van der Waals surface area contributed by atoms with Crippen molar-refractivity contribution in [3.05, 3.63) is 0 Å². The Labute approximate surface area is 106 Å². The maximum absolute atomic E-state index is 10.7. The van der Waals surface area contributed by atoms with Gasteiger partial charge in [0.05, 0.1) is 6.10 Å². The van der Waals surface area contributed by atoms with E-state index in [0.717, 1.165) is 25.4 Å². The Kier molecular flexibility index (Phi) is 4.48. The van der Waals surface area contributed by atoms with Crippen LogP contribution in [0.5, 0.6) is 0 Å². The molecule has 0 radical (unpaired) electrons. The number of hydrogen-bond acceptors (Lipinski definition) is 2. The van der Waals surface area contributed by atoms with Crippen LogP contribution in [0.3, 0.4) is 0 Å². The van der Waals surface area contributed by atoms with Gasteiger partial charge in [-0.15, -0.1) is 0 Å². The summed E-state index contributed by atoms with van der Waals surface area (Å²) in [6.07, 6.45) is 10.1. The Hall–Kier alpha value is -0.0800. The Balaban J connectivity index is 2.03. The molecule has 0 aromatic carbocycles. The van der Waals surface area contributed by atoms with E-state index in [0.29, 0.717) is 0 Å². The minimum Gasteiger partial charge on any atom is -0.391 e. The molecule has 0 aromatic rings. The van der Waals surface area contributed by atoms with Crippen molar-refractivity contribution in [2.75, 3.05) is 13.1 Å². The molecule has 0 amide bonds. The summed E-state index contributed by atoms with van der Waals surface area (Å²) in [6, 6.07) is 0. The number of aliphatic hydroxyl groups is 1. The van der Waals surface area contributed by atoms with E-state index in [9.17, 15) is 5.11 Å². The van der Waals surface area contributed by atoms with Gasteiger partial charge in [-0.3, -0.25) is 4.90 Å². The zero-order valence-electron chi connectivity index (χ0n) is 11.6. The Morgan fingerprint density at radius 2 is 1.71 bits per heavy atom. The van der Waals surface area contributed by atoms with Gasteiger partial charge in [0, 0.05) is 5.54 Å². The third-order valence-electron chi connectivity index (χ3n) is 5.26. The van der Waals surface area contributed by atoms with Crippen LogP contribution in [0.4, 0.5) is 0 Å². The van der Waals surface area contributed by atoms with Crippen molar-refractivity contribution in [2.24, 2.45) is 5.92 Å². The summed E-state index contributed by atoms with van der Waals surface area (Å²) in [5.41, 5.74) is 0.124. The van der Waals surface area contributed by atoms with Gasteiger partial charge in [0.1, 0.15) is 0 Å². The van der Waals surface area contributed by atoms with Gasteiger partial charge < -0.3 is 5.11 Å². The summed E-state index contributed by atoms with van der Waals surface area (Å²) in [6.45, 7) is 6.63. The third-order valence-corrected chi connectivity index (χ3v) is 5.26. The van der Waals surface area contributed by atoms with Gasteiger partial charge in [0.15, 0.2) is 0 Å². The molecule has 2 saturated carbocycles. The van der Waals surface area contributed by atoms with Crippen LogP contribution in [0.1, 0.15) is 65.2 Å². The third kappa shape index (κ3) is 2.53. The van der Waals surface area contributed by atoms with Gasteiger partial charge in [0.25, 0.3) is 0 Å². The van der Waals surface area contributed by atoms with Gasteiger partial charge in [-0.25, -0.2) is 0 Å². The van der Waals surface area contributed by atoms with Crippen molar-refractivity contribution in [3.63, 3.8) is 0 Å². The number of likely N-dealkylation sites (N-methyl/N-ethyl adjacent to an activating group) is 1. The molecule has 1 unspecified atom stereocenters. The molecule has 2 fully saturated rings. The molecule has 0 saturated heterocycles. The summed E-state index contributed by atoms with van der Waals surface area (Å²) in [5.74, 6) is 0.818. The molecule has 0 aliphatic heterocycles. The van der Waals surface area contributed by atoms with E-state index >= 15 is 0 Å². The molecule has 1 atom stereocenters. The number of aliphatic hydroxyl groups excluding tert-OH is 1. The average Bonchev–Trinajstić information content (AvgIpc) is 2.75. The second-order valence-corrected chi connectivity index (χ2v) is 6.03. The van der Waals surface area contributed by atoms with E-state index in [-0.39, 0.29) is 11.6 Å². The monoisotopic (exact) mass is 239 g/mol. The second-order valence-electron chi connectivity index (χ2n) is 6.03. The van der Waals surface area contributed by atoms with Gasteiger partial charge in [-0.1, -0.05) is 46.0 Å². The summed E-state index contributed by atoms with van der Waals surface area (Å²) >= 11 is 0. The Morgan fingerprint density at radius 1 is 1.12 bits per heavy atom. The van der Waals surface area contributed by atoms with Crippen LogP contribution >= 0.6 is 0 Å². The van der Waals surface area contributed by atoms with Crippen LogP contribution in [0.15, 0.2) is 0 Å². The van der Waals surface area contributed by atoms with E-state index < -0.39 is 0 Å². The number of hydrogen-bond donors (Lipinski definition) is 1. The van der Waals surface area contributed by atoms with Gasteiger partial charge in [-0.05, 0) is 38.3 Å². The molecular weight excluding hydrogens is 210 g/mol. The summed E-state index contributed by atoms with van der Waals surface area (Å²) in [5, 5.41) is 10.7. The highest BCUT2D eigenvalue weighted by molar-refractivity contribution is 5.00. The molecule has 1 N–H and O–H groups in total. The topological polar surface area (TPSA) is 23.5 Å². The van der Waals surface area contributed by atoms with Gasteiger partial charge >= 0.3 is 0 Å². The normalized spacial score (nSPS) is 26.1. The second kappa shape index (κ2) is 5.71. The van der Waals surface area contributed by atoms with Crippen molar-refractivity contribution in [3.8, 4) is 0 Å². The molecule has 2 aliphatic carbocycles. The highest BCUT2D eigenvalue weighted by atomic mass is 16.3. The minimum absolute atomic E-state index is 0.0878. The predicted octanol–water partition coefficient (Wildman–Crippen LogP) is 3.19. The van der Waals surface area contributed by atoms with Crippen molar-refractivity contribution >= 4 is 0 Å². The summed E-state index contributed by atoms with van der Waals surface area (Å²) < 4.78 is 0. The fraction of sp³-hybridized carbons (Fsp3) is 1.00. The van der Waals surface area contributed by atoms with Crippen molar-refractivity contribution < 1.29 is 5.11 Å². The fourth-order valence-corrected chi connectivity index (χ4v) is 3.96. The first-order chi connectivity index (χ1) is 8.23. The van der Waals surface area contributed by atoms with Crippen molar-refractivity contribution in [1.82, 2.24) is 4.90 Å². The van der Waals surface area contributed by atoms with Crippen molar-refractivity contribution in [2.45, 2.75) is 76.9 Å². The van der Waals surface area contributed by atoms with Gasteiger partial charge in [-0.2, -0.15) is 0 Å². The lowest BCUT2D eigenvalue weighted by atomic mass is 9.76. The largest absolute Gasteiger partial charge is 0.391 e. The molecular formula is C15H29NO. The molecule has 0 aromatic heterocycles. The SMILES string of the molecule is CCN(CC)C1(C(O)CC2CCC2)CCCC1. The molecule has 2 heteroatoms. The first kappa shape index (κ1) is 13.4. The number of rotatable bonds is 6. The standard InChI is InChI=1S/C15H29NO/c1-3-16(4-2)15(10-5-6-11-15)14(17)12-13-8-7-9-13/h13-14,17H,3-12H2,1-2H3. The van der Waals surface area contributed by atoms with Crippen LogP contribution in [0.2, 0.25) is 0 Å². The fourth-order valence-electron chi connectivity index (χ4n) is 3.96. The van der Waals surface area contributed by atoms with Crippen LogP contribution in [-0.2, 0) is 0 Å². The van der Waals surface area contributed by atoms with E-state index in [1.165, 1.54) is 44.9 Å². The van der Waals surface area contributed by atoms with Crippen LogP contribution in [0.25, 0.3) is 0 Å². The van der Waals surface area contributed by atoms with Crippen LogP contribution < -0.4 is 0 Å². The van der Waals surface area contributed by atoms with Gasteiger partial charge in [0.2, 0.25) is 0 Å². The molecule has 0 spiro atoms. The van der Waals surface area contributed by atoms with E-state index in [1.807, 2.05) is 0 Å². The average molecular weight is 239 g/mol. The Morgan fingerprint density at radius 3 is 2.12 bits per heavy atom. The van der Waals surface area contributed by atoms with E-state index in [1.54, 1.807) is 0 Å². The van der Waals surface area contributed by atoms with E-state index in [4.69, 9.17) is 0 Å². The smallest absolute Gasteiger partial charge is 0.0726 e. The summed E-state index contributed by atoms with van der Waals surface area (Å²) in [7, 11) is 0. The lowest BCUT2D eigenvalue weighted by molar-refractivity contribution is -0.0420. The molecule has 17 heavy (non-hydrogen) atoms. The van der Waals surface area contributed by atoms with Crippen molar-refractivity contribution in [1.29, 1.82) is 0 Å². The molecule has 2 aliphatic rings. The maximum Gasteiger partial charge on any atom is 0.0726 e. The molecule has 0 bridgehead atoms. The lowest BCUT2D eigenvalue weighted by Gasteiger charge is -2.45. The van der Waals surface area contributed by atoms with Crippen LogP contribution in [-0.4, -0.2) is 34.7 Å². The van der Waals surface area contributed by atoms with E-state index in [2.05, 4.69) is 18.7 Å². The minimum atomic E-state index is -0.0878. The van der Waals surface area contributed by atoms with Crippen LogP contribution in [0, 0.1) is 5.92 Å². The highest BCUT2D eigenvalue weighted by Crippen LogP contribution is 2.42.